The number of carbonyl (C=O) groups is 16. The number of aliphatic imine (C=N–C) groups is 2. The molecule has 36 nitrogen and oxygen atoms in total. The lowest BCUT2D eigenvalue weighted by Gasteiger charge is -2.30. The Balaban J connectivity index is 0.000000361. The third kappa shape index (κ3) is 36.9. The number of nitrogens with two attached hydrogens (primary N) is 6. The highest BCUT2D eigenvalue weighted by molar-refractivity contribution is 7.99. The second-order valence-corrected chi connectivity index (χ2v) is 39.5. The molecule has 8 rings (SSSR count). The van der Waals surface area contributed by atoms with Crippen molar-refractivity contribution in [3.63, 3.8) is 0 Å². The monoisotopic (exact) mass is 1930 g/mol. The number of carbonyl (C=O) groups excluding carboxylic acids is 16. The summed E-state index contributed by atoms with van der Waals surface area (Å²) in [5, 5.41) is 46.3. The standard InChI is InChI=1S/C46H67N9O9S2.C45H64ClN9O9S2/c1-27(2)40-44(63)52-35(24-39(47)59)38(58)22-31(45(64)55-17-5-11-37(55)43(62)51-32(25-56)8-4-16-50-46(48)49)26-65-18-6-9-33(57)21-30(20-29-14-12-28(3)13-15-29)41(60)53-36(42(61)54-40)23-34-10-7-19-66-34;1-26(2)39-43(63)52-34(23-38(47)59)37(58)21-29(44(64)55-16-4-10-36(55)42(62)51-31(24-56)7-3-15-50-45(48)49)25-65-17-5-8-32(57)20-28(19-27-11-13-30(46)14-12-27)40(60)53-35(41(61)54-39)22-33-9-6-18-66-33/h7,10,12-15,19,27,30-32,35-37,40,56H,4-6,8-9,11,16-18,20-26H2,1-3H3,(H2,47,59)(H,51,62)(H,52,63)(H,53,60)(H,54,61)(H4,48,49,50);6,9,11-14,18,26,28-29,31,34-36,39,56H,3-5,7-8,10,15-17,19-25H2,1-2H3,(H2,47,59)(H,51,62)(H,52,63)(H,53,60)(H,54,61)(H4,48,49,50)/t30-,31+,32-,35+,36+,37+,40+;28-,29+,31-,34+,35+,36+,39+/m11/s1. The lowest BCUT2D eigenvalue weighted by molar-refractivity contribution is -0.143. The molecule has 14 atom stereocenters. The van der Waals surface area contributed by atoms with Crippen LogP contribution >= 0.6 is 57.8 Å². The van der Waals surface area contributed by atoms with Crippen molar-refractivity contribution >= 4 is 164 Å². The number of primary amides is 2. The molecule has 6 heterocycles. The molecule has 0 aliphatic carbocycles. The number of thiophene rings is 2. The molecule has 0 unspecified atom stereocenters. The van der Waals surface area contributed by atoms with Crippen LogP contribution in [-0.2, 0) is 102 Å². The predicted octanol–water partition coefficient (Wildman–Crippen LogP) is 2.40. The number of likely N-dealkylation sites (tertiary alicyclic amines) is 2. The molecule has 22 N–H and O–H groups in total. The van der Waals surface area contributed by atoms with Gasteiger partial charge in [0, 0.05) is 116 Å². The van der Waals surface area contributed by atoms with Gasteiger partial charge < -0.3 is 96.9 Å². The Morgan fingerprint density at radius 1 is 0.485 bits per heavy atom. The Morgan fingerprint density at radius 2 is 0.864 bits per heavy atom. The highest BCUT2D eigenvalue weighted by Crippen LogP contribution is 2.30. The second kappa shape index (κ2) is 56.0. The van der Waals surface area contributed by atoms with Crippen LogP contribution in [-0.4, -0.2) is 249 Å². The molecule has 41 heteroatoms. The molecule has 4 aliphatic heterocycles. The van der Waals surface area contributed by atoms with Crippen LogP contribution in [0.25, 0.3) is 0 Å². The molecule has 0 saturated carbocycles. The van der Waals surface area contributed by atoms with Gasteiger partial charge in [-0.3, -0.25) is 86.7 Å². The Hall–Kier alpha value is -10.4. The molecule has 12 amide bonds. The number of thioether (sulfide) groups is 2. The number of hydrogen-bond acceptors (Lipinski definition) is 24. The molecule has 0 radical (unpaired) electrons. The molecule has 4 fully saturated rings. The van der Waals surface area contributed by atoms with Crippen LogP contribution in [0.4, 0.5) is 0 Å². The quantitative estimate of drug-likeness (QED) is 0.0202. The van der Waals surface area contributed by atoms with Crippen molar-refractivity contribution in [2.45, 2.75) is 236 Å². The zero-order valence-electron chi connectivity index (χ0n) is 75.6. The van der Waals surface area contributed by atoms with Crippen molar-refractivity contribution < 1.29 is 86.9 Å². The number of rotatable bonds is 30. The normalized spacial score (nSPS) is 23.6. The van der Waals surface area contributed by atoms with Crippen LogP contribution in [0.1, 0.15) is 170 Å². The maximum absolute atomic E-state index is 14.5. The molecule has 0 bridgehead atoms. The summed E-state index contributed by atoms with van der Waals surface area (Å²) in [7, 11) is 0. The summed E-state index contributed by atoms with van der Waals surface area (Å²) in [6.07, 6.45) is 2.84. The number of aliphatic hydroxyl groups excluding tert-OH is 2. The third-order valence-electron chi connectivity index (χ3n) is 23.2. The topological polar surface area (TPSA) is 597 Å². The van der Waals surface area contributed by atoms with Gasteiger partial charge in [0.25, 0.3) is 0 Å². The third-order valence-corrected chi connectivity index (χ3v) is 27.7. The average Bonchev–Trinajstić information content (AvgIpc) is 1.62. The van der Waals surface area contributed by atoms with E-state index < -0.39 is 204 Å². The van der Waals surface area contributed by atoms with Crippen molar-refractivity contribution in [3.05, 3.63) is 115 Å². The van der Waals surface area contributed by atoms with Crippen LogP contribution in [0.5, 0.6) is 0 Å². The molecular formula is C91H131ClN18O18S4. The molecule has 4 saturated heterocycles. The van der Waals surface area contributed by atoms with Gasteiger partial charge in [0.1, 0.15) is 47.8 Å². The largest absolute Gasteiger partial charge is 0.394 e. The lowest BCUT2D eigenvalue weighted by atomic mass is 9.91. The van der Waals surface area contributed by atoms with E-state index in [9.17, 15) is 86.9 Å². The first-order chi connectivity index (χ1) is 62.9. The summed E-state index contributed by atoms with van der Waals surface area (Å²) in [5.74, 6) is -13.1. The van der Waals surface area contributed by atoms with Gasteiger partial charge in [-0.05, 0) is 153 Å². The molecule has 132 heavy (non-hydrogen) atoms. The summed E-state index contributed by atoms with van der Waals surface area (Å²) >= 11 is 11.6. The van der Waals surface area contributed by atoms with Crippen LogP contribution in [0.15, 0.2) is 93.5 Å². The van der Waals surface area contributed by atoms with Gasteiger partial charge in [-0.1, -0.05) is 93.4 Å². The van der Waals surface area contributed by atoms with Crippen LogP contribution in [0, 0.1) is 42.4 Å². The number of guanidine groups is 2. The number of nitrogens with zero attached hydrogens (tertiary/aromatic N) is 4. The number of amides is 12. The highest BCUT2D eigenvalue weighted by atomic mass is 35.5. The minimum absolute atomic E-state index is 0.0707. The fourth-order valence-corrected chi connectivity index (χ4v) is 19.8. The van der Waals surface area contributed by atoms with Crippen molar-refractivity contribution in [2.75, 3.05) is 62.4 Å². The Kier molecular flexibility index (Phi) is 46.0. The Labute approximate surface area is 791 Å². The van der Waals surface area contributed by atoms with E-state index in [2.05, 4.69) is 52.5 Å². The number of nitrogens with one attached hydrogen (secondary N) is 8. The van der Waals surface area contributed by atoms with Crippen LogP contribution in [0.3, 0.4) is 0 Å². The van der Waals surface area contributed by atoms with E-state index in [1.54, 1.807) is 58.0 Å². The lowest BCUT2D eigenvalue weighted by Crippen LogP contribution is -2.58. The number of Topliss-reactive ketones (excluding diaryl/α,β-unsaturated/α-hetero) is 4. The zero-order chi connectivity index (χ0) is 96.7. The van der Waals surface area contributed by atoms with Gasteiger partial charge in [0.15, 0.2) is 23.5 Å². The molecule has 4 aromatic rings. The van der Waals surface area contributed by atoms with Gasteiger partial charge >= 0.3 is 0 Å². The van der Waals surface area contributed by atoms with Gasteiger partial charge in [-0.2, -0.15) is 23.5 Å². The smallest absolute Gasteiger partial charge is 0.243 e. The van der Waals surface area contributed by atoms with Crippen molar-refractivity contribution in [2.24, 2.45) is 79.9 Å². The molecule has 724 valence electrons. The number of ketones is 4. The zero-order valence-corrected chi connectivity index (χ0v) is 79.7. The second-order valence-electron chi connectivity index (χ2n) is 34.7. The van der Waals surface area contributed by atoms with Crippen molar-refractivity contribution in [1.29, 1.82) is 0 Å². The highest BCUT2D eigenvalue weighted by Gasteiger charge is 2.44. The van der Waals surface area contributed by atoms with Gasteiger partial charge in [0.2, 0.25) is 70.9 Å². The van der Waals surface area contributed by atoms with E-state index >= 15 is 0 Å². The van der Waals surface area contributed by atoms with E-state index in [0.717, 1.165) is 26.4 Å². The van der Waals surface area contributed by atoms with Crippen molar-refractivity contribution in [1.82, 2.24) is 52.3 Å². The summed E-state index contributed by atoms with van der Waals surface area (Å²) < 4.78 is 0. The fourth-order valence-electron chi connectivity index (χ4n) is 16.0. The van der Waals surface area contributed by atoms with Crippen LogP contribution < -0.4 is 76.9 Å². The maximum Gasteiger partial charge on any atom is 0.243 e. The minimum atomic E-state index is -1.46. The maximum atomic E-state index is 14.5. The summed E-state index contributed by atoms with van der Waals surface area (Å²) in [5.41, 5.74) is 35.4. The summed E-state index contributed by atoms with van der Waals surface area (Å²) in [6.45, 7) is 9.04. The van der Waals surface area contributed by atoms with Crippen molar-refractivity contribution in [3.8, 4) is 0 Å². The number of halogens is 1. The summed E-state index contributed by atoms with van der Waals surface area (Å²) in [6, 6.07) is 11.1. The average molecular weight is 1930 g/mol. The molecule has 2 aromatic carbocycles. The number of aliphatic hydroxyl groups is 2. The van der Waals surface area contributed by atoms with E-state index in [4.69, 9.17) is 46.0 Å². The Morgan fingerprint density at radius 3 is 1.21 bits per heavy atom. The first-order valence-electron chi connectivity index (χ1n) is 44.9. The first kappa shape index (κ1) is 109. The van der Waals surface area contributed by atoms with Gasteiger partial charge in [-0.15, -0.1) is 22.7 Å². The number of hydrogen-bond donors (Lipinski definition) is 16. The van der Waals surface area contributed by atoms with E-state index in [-0.39, 0.29) is 113 Å². The molecule has 4 aliphatic rings. The molecular weight excluding hydrogens is 1800 g/mol. The SMILES string of the molecule is CC(C)[C@@H]1NC(=O)[C@H](Cc2cccs2)NC(=O)[C@H](Cc2ccc(Cl)cc2)CC(=O)CCCSC[C@@H](C(=O)N2CCC[C@H]2C(=O)N[C@@H](CO)CCCN=C(N)N)CC(=O)[C@H](CC(N)=O)NC1=O.Cc1ccc(C[C@@H]2CC(=O)CCCSC[C@@H](C(=O)N3CCC[C@H]3C(=O)N[C@@H](CO)CCCN=C(N)N)CC(=O)[C@H](CC(N)=O)NC(=O)[C@H](C(C)C)NC(=O)[C@H](Cc3cccs3)NC2=O)cc1. The minimum Gasteiger partial charge on any atom is -0.394 e. The summed E-state index contributed by atoms with van der Waals surface area (Å²) in [4.78, 5) is 234. The number of aryl methyl sites for hydroxylation is 1. The van der Waals surface area contributed by atoms with E-state index in [1.165, 1.54) is 56.0 Å². The Bertz CT molecular complexity index is 4310. The van der Waals surface area contributed by atoms with Gasteiger partial charge in [0.05, 0.1) is 62.1 Å². The fraction of sp³-hybridized carbons (Fsp3) is 0.582. The van der Waals surface area contributed by atoms with E-state index in [0.29, 0.717) is 93.8 Å². The van der Waals surface area contributed by atoms with E-state index in [1.807, 2.05) is 60.1 Å². The predicted molar refractivity (Wildman–Crippen MR) is 508 cm³/mol. The molecule has 2 aromatic heterocycles. The number of benzene rings is 2. The van der Waals surface area contributed by atoms with Crippen LogP contribution in [0.2, 0.25) is 5.02 Å². The molecule has 0 spiro atoms. The first-order valence-corrected chi connectivity index (χ1v) is 49.4. The van der Waals surface area contributed by atoms with Gasteiger partial charge in [-0.25, -0.2) is 0 Å².